The molecule has 8 nitrogen and oxygen atoms in total. The molecule has 1 aromatic carbocycles. The molecular formula is C22H31N3O5S. The van der Waals surface area contributed by atoms with Crippen molar-refractivity contribution in [2.45, 2.75) is 56.9 Å². The van der Waals surface area contributed by atoms with Crippen LogP contribution in [0.1, 0.15) is 46.0 Å². The SMILES string of the molecule is C[C@H]1[C@H](C)CCC[C@H]1NC(=O)CN1C(=O)COc2ccc(S(=O)(=O)N3CCCC3)cc21. The van der Waals surface area contributed by atoms with Gasteiger partial charge in [0.25, 0.3) is 5.91 Å². The van der Waals surface area contributed by atoms with Crippen molar-refractivity contribution < 1.29 is 22.7 Å². The third kappa shape index (κ3) is 4.43. The fourth-order valence-corrected chi connectivity index (χ4v) is 6.31. The van der Waals surface area contributed by atoms with Gasteiger partial charge in [0.05, 0.1) is 10.6 Å². The number of hydrogen-bond donors (Lipinski definition) is 1. The maximum absolute atomic E-state index is 13.0. The minimum atomic E-state index is -3.64. The van der Waals surface area contributed by atoms with Gasteiger partial charge >= 0.3 is 0 Å². The molecule has 1 N–H and O–H groups in total. The van der Waals surface area contributed by atoms with E-state index in [-0.39, 0.29) is 35.9 Å². The van der Waals surface area contributed by atoms with Gasteiger partial charge in [-0.3, -0.25) is 14.5 Å². The molecule has 0 spiro atoms. The largest absolute Gasteiger partial charge is 0.482 e. The average molecular weight is 450 g/mol. The molecule has 2 aliphatic heterocycles. The van der Waals surface area contributed by atoms with Gasteiger partial charge in [-0.25, -0.2) is 8.42 Å². The van der Waals surface area contributed by atoms with Gasteiger partial charge in [0, 0.05) is 19.1 Å². The van der Waals surface area contributed by atoms with Crippen molar-refractivity contribution in [3.05, 3.63) is 18.2 Å². The highest BCUT2D eigenvalue weighted by Crippen LogP contribution is 2.35. The zero-order chi connectivity index (χ0) is 22.2. The lowest BCUT2D eigenvalue weighted by molar-refractivity contribution is -0.126. The Morgan fingerprint density at radius 2 is 1.90 bits per heavy atom. The van der Waals surface area contributed by atoms with Crippen molar-refractivity contribution in [2.24, 2.45) is 11.8 Å². The van der Waals surface area contributed by atoms with E-state index in [9.17, 15) is 18.0 Å². The topological polar surface area (TPSA) is 96.0 Å². The predicted molar refractivity (Wildman–Crippen MR) is 116 cm³/mol. The predicted octanol–water partition coefficient (Wildman–Crippen LogP) is 2.14. The van der Waals surface area contributed by atoms with Crippen molar-refractivity contribution in [2.75, 3.05) is 31.1 Å². The van der Waals surface area contributed by atoms with Crippen molar-refractivity contribution in [3.63, 3.8) is 0 Å². The number of benzene rings is 1. The van der Waals surface area contributed by atoms with Crippen LogP contribution in [0.3, 0.4) is 0 Å². The van der Waals surface area contributed by atoms with Gasteiger partial charge in [-0.1, -0.05) is 26.7 Å². The minimum Gasteiger partial charge on any atom is -0.482 e. The first-order valence-corrected chi connectivity index (χ1v) is 12.6. The first kappa shape index (κ1) is 22.1. The van der Waals surface area contributed by atoms with E-state index in [1.807, 2.05) is 0 Å². The summed E-state index contributed by atoms with van der Waals surface area (Å²) >= 11 is 0. The van der Waals surface area contributed by atoms with Crippen LogP contribution in [0.2, 0.25) is 0 Å². The molecule has 3 atom stereocenters. The second-order valence-corrected chi connectivity index (χ2v) is 10.9. The van der Waals surface area contributed by atoms with E-state index >= 15 is 0 Å². The summed E-state index contributed by atoms with van der Waals surface area (Å²) in [6.07, 6.45) is 4.86. The van der Waals surface area contributed by atoms with Crippen LogP contribution in [0, 0.1) is 11.8 Å². The molecule has 1 saturated carbocycles. The van der Waals surface area contributed by atoms with E-state index in [0.717, 1.165) is 32.1 Å². The molecule has 3 aliphatic rings. The van der Waals surface area contributed by atoms with Crippen LogP contribution in [-0.2, 0) is 19.6 Å². The minimum absolute atomic E-state index is 0.0914. The molecular weight excluding hydrogens is 418 g/mol. The number of fused-ring (bicyclic) bond motifs is 1. The summed E-state index contributed by atoms with van der Waals surface area (Å²) in [6, 6.07) is 4.62. The molecule has 0 bridgehead atoms. The van der Waals surface area contributed by atoms with E-state index in [4.69, 9.17) is 4.74 Å². The lowest BCUT2D eigenvalue weighted by Crippen LogP contribution is -2.50. The Morgan fingerprint density at radius 1 is 1.16 bits per heavy atom. The fourth-order valence-electron chi connectivity index (χ4n) is 4.78. The monoisotopic (exact) mass is 449 g/mol. The molecule has 1 aromatic rings. The van der Waals surface area contributed by atoms with Crippen molar-refractivity contribution in [3.8, 4) is 5.75 Å². The smallest absolute Gasteiger partial charge is 0.265 e. The fraction of sp³-hybridized carbons (Fsp3) is 0.636. The molecule has 0 radical (unpaired) electrons. The highest BCUT2D eigenvalue weighted by atomic mass is 32.2. The molecule has 9 heteroatoms. The first-order chi connectivity index (χ1) is 14.8. The second kappa shape index (κ2) is 8.78. The third-order valence-electron chi connectivity index (χ3n) is 6.93. The Morgan fingerprint density at radius 3 is 2.65 bits per heavy atom. The van der Waals surface area contributed by atoms with E-state index in [2.05, 4.69) is 19.2 Å². The summed E-state index contributed by atoms with van der Waals surface area (Å²) in [6.45, 7) is 5.03. The molecule has 0 aromatic heterocycles. The van der Waals surface area contributed by atoms with Gasteiger partial charge in [-0.05, 0) is 49.3 Å². The van der Waals surface area contributed by atoms with Gasteiger partial charge < -0.3 is 10.1 Å². The summed E-state index contributed by atoms with van der Waals surface area (Å²) in [5.74, 6) is 0.738. The van der Waals surface area contributed by atoms with Crippen LogP contribution < -0.4 is 15.0 Å². The van der Waals surface area contributed by atoms with Crippen LogP contribution in [0.15, 0.2) is 23.1 Å². The summed E-state index contributed by atoms with van der Waals surface area (Å²) in [5, 5.41) is 3.09. The molecule has 4 rings (SSSR count). The zero-order valence-corrected chi connectivity index (χ0v) is 19.0. The van der Waals surface area contributed by atoms with E-state index < -0.39 is 10.0 Å². The average Bonchev–Trinajstić information content (AvgIpc) is 3.29. The normalized spacial score (nSPS) is 27.0. The molecule has 2 amide bonds. The van der Waals surface area contributed by atoms with Crippen LogP contribution in [-0.4, -0.2) is 56.8 Å². The zero-order valence-electron chi connectivity index (χ0n) is 18.2. The third-order valence-corrected chi connectivity index (χ3v) is 8.83. The van der Waals surface area contributed by atoms with Crippen molar-refractivity contribution in [1.29, 1.82) is 0 Å². The number of hydrogen-bond acceptors (Lipinski definition) is 5. The van der Waals surface area contributed by atoms with Crippen LogP contribution >= 0.6 is 0 Å². The molecule has 1 saturated heterocycles. The van der Waals surface area contributed by atoms with Gasteiger partial charge in [0.2, 0.25) is 15.9 Å². The number of nitrogens with one attached hydrogen (secondary N) is 1. The number of nitrogens with zero attached hydrogens (tertiary/aromatic N) is 2. The number of sulfonamides is 1. The van der Waals surface area contributed by atoms with Crippen LogP contribution in [0.5, 0.6) is 5.75 Å². The number of carbonyl (C=O) groups excluding carboxylic acids is 2. The molecule has 1 aliphatic carbocycles. The lowest BCUT2D eigenvalue weighted by atomic mass is 9.78. The maximum Gasteiger partial charge on any atom is 0.265 e. The second-order valence-electron chi connectivity index (χ2n) is 8.95. The number of amides is 2. The lowest BCUT2D eigenvalue weighted by Gasteiger charge is -2.35. The molecule has 2 fully saturated rings. The highest BCUT2D eigenvalue weighted by Gasteiger charge is 2.33. The van der Waals surface area contributed by atoms with Crippen molar-refractivity contribution >= 4 is 27.5 Å². The van der Waals surface area contributed by atoms with Gasteiger partial charge in [0.1, 0.15) is 12.3 Å². The number of carbonyl (C=O) groups is 2. The summed E-state index contributed by atoms with van der Waals surface area (Å²) < 4.78 is 32.9. The Bertz CT molecular complexity index is 958. The molecule has 31 heavy (non-hydrogen) atoms. The number of rotatable bonds is 5. The molecule has 2 heterocycles. The Kier molecular flexibility index (Phi) is 6.25. The highest BCUT2D eigenvalue weighted by molar-refractivity contribution is 7.89. The molecule has 0 unspecified atom stereocenters. The summed E-state index contributed by atoms with van der Waals surface area (Å²) in [5.41, 5.74) is 0.330. The standard InChI is InChI=1S/C22H31N3O5S/c1-15-6-5-7-18(16(15)2)23-21(26)13-25-19-12-17(8-9-20(19)30-14-22(25)27)31(28,29)24-10-3-4-11-24/h8-9,12,15-16,18H,3-7,10-11,13-14H2,1-2H3,(H,23,26)/t15-,16+,18-/m1/s1. The number of anilines is 1. The van der Waals surface area contributed by atoms with Crippen LogP contribution in [0.4, 0.5) is 5.69 Å². The van der Waals surface area contributed by atoms with Gasteiger partial charge in [-0.15, -0.1) is 0 Å². The summed E-state index contributed by atoms with van der Waals surface area (Å²) in [4.78, 5) is 26.8. The Balaban J connectivity index is 1.54. The van der Waals surface area contributed by atoms with Crippen molar-refractivity contribution in [1.82, 2.24) is 9.62 Å². The van der Waals surface area contributed by atoms with E-state index in [1.165, 1.54) is 21.3 Å². The molecule has 170 valence electrons. The Hall–Kier alpha value is -2.13. The summed E-state index contributed by atoms with van der Waals surface area (Å²) in [7, 11) is -3.64. The van der Waals surface area contributed by atoms with Gasteiger partial charge in [-0.2, -0.15) is 4.31 Å². The first-order valence-electron chi connectivity index (χ1n) is 11.1. The number of ether oxygens (including phenoxy) is 1. The Labute approximate surface area is 184 Å². The van der Waals surface area contributed by atoms with Crippen LogP contribution in [0.25, 0.3) is 0 Å². The van der Waals surface area contributed by atoms with Gasteiger partial charge in [0.15, 0.2) is 6.61 Å². The van der Waals surface area contributed by atoms with E-state index in [1.54, 1.807) is 6.07 Å². The van der Waals surface area contributed by atoms with E-state index in [0.29, 0.717) is 36.4 Å². The maximum atomic E-state index is 13.0. The quantitative estimate of drug-likeness (QED) is 0.743.